The fourth-order valence-corrected chi connectivity index (χ4v) is 7.86. The van der Waals surface area contributed by atoms with E-state index in [4.69, 9.17) is 27.6 Å². The molecule has 1 aromatic heterocycles. The van der Waals surface area contributed by atoms with Gasteiger partial charge in [0, 0.05) is 23.2 Å². The summed E-state index contributed by atoms with van der Waals surface area (Å²) in [5, 5.41) is 55.7. The van der Waals surface area contributed by atoms with Gasteiger partial charge in [0.05, 0.1) is 11.6 Å². The lowest BCUT2D eigenvalue weighted by molar-refractivity contribution is -0.161. The van der Waals surface area contributed by atoms with E-state index in [0.29, 0.717) is 0 Å². The second-order valence-corrected chi connectivity index (χ2v) is 14.5. The number of nitrogens with two attached hydrogens (primary N) is 1. The van der Waals surface area contributed by atoms with Crippen molar-refractivity contribution >= 4 is 92.7 Å². The molecule has 3 atom stereocenters. The minimum Gasteiger partial charge on any atom is -0.504 e. The van der Waals surface area contributed by atoms with E-state index in [1.54, 1.807) is 0 Å². The van der Waals surface area contributed by atoms with E-state index in [-0.39, 0.29) is 40.3 Å². The van der Waals surface area contributed by atoms with Crippen LogP contribution in [0, 0.1) is 5.41 Å². The average molecular weight is 716 g/mol. The molecule has 3 heterocycles. The second-order valence-electron chi connectivity index (χ2n) is 10.2. The van der Waals surface area contributed by atoms with Crippen molar-refractivity contribution in [1.29, 1.82) is 5.41 Å². The second kappa shape index (κ2) is 13.2. The quantitative estimate of drug-likeness (QED) is 0.0460. The number of carboxylic acids is 2. The largest absolute Gasteiger partial charge is 0.504 e. The molecule has 0 saturated carbocycles. The number of carboxylic acid groups (broad SMARTS) is 2. The molecule has 0 spiro atoms. The van der Waals surface area contributed by atoms with Crippen LogP contribution in [0.1, 0.15) is 25.1 Å². The van der Waals surface area contributed by atoms with Crippen molar-refractivity contribution in [3.8, 4) is 11.5 Å². The molecule has 2 fully saturated rings. The number of oxime groups is 1. The number of halogens is 1. The Bertz CT molecular complexity index is 1670. The molecule has 9 N–H and O–H groups in total. The first-order valence-electron chi connectivity index (χ1n) is 12.9. The molecule has 21 heteroatoms. The highest BCUT2D eigenvalue weighted by atomic mass is 35.5. The van der Waals surface area contributed by atoms with Gasteiger partial charge in [-0.15, -0.1) is 34.9 Å². The number of phenolic OH excluding ortho intramolecular Hbond substituents is 2. The van der Waals surface area contributed by atoms with Gasteiger partial charge < -0.3 is 46.5 Å². The van der Waals surface area contributed by atoms with Crippen molar-refractivity contribution in [1.82, 2.24) is 20.5 Å². The van der Waals surface area contributed by atoms with Gasteiger partial charge in [0.2, 0.25) is 11.5 Å². The van der Waals surface area contributed by atoms with E-state index in [1.165, 1.54) is 30.2 Å². The number of rotatable bonds is 13. The summed E-state index contributed by atoms with van der Waals surface area (Å²) in [6, 6.07) is 1.10. The van der Waals surface area contributed by atoms with Crippen molar-refractivity contribution in [3.05, 3.63) is 33.8 Å². The minimum atomic E-state index is -1.81. The molecule has 2 aliphatic heterocycles. The van der Waals surface area contributed by atoms with Crippen LogP contribution in [0.4, 0.5) is 5.13 Å². The van der Waals surface area contributed by atoms with Crippen molar-refractivity contribution < 1.29 is 49.2 Å². The number of nitrogens with zero attached hydrogens (tertiary/aromatic N) is 3. The lowest BCUT2D eigenvalue weighted by Crippen LogP contribution is -2.68. The lowest BCUT2D eigenvalue weighted by Gasteiger charge is -2.41. The number of phenols is 2. The fraction of sp³-hybridized carbons (Fsp3) is 0.360. The van der Waals surface area contributed by atoms with Gasteiger partial charge in [0.1, 0.15) is 22.8 Å². The number of aromatic hydroxyl groups is 2. The van der Waals surface area contributed by atoms with Crippen LogP contribution in [-0.4, -0.2) is 111 Å². The van der Waals surface area contributed by atoms with E-state index in [1.807, 2.05) is 0 Å². The maximum atomic E-state index is 13.2. The third kappa shape index (κ3) is 6.78. The summed E-state index contributed by atoms with van der Waals surface area (Å²) in [5.41, 5.74) is 2.66. The molecule has 1 aromatic carbocycles. The van der Waals surface area contributed by atoms with Crippen LogP contribution in [0.15, 0.2) is 22.7 Å². The Balaban J connectivity index is 1.39. The standard InChI is InChI=1S/C25H26ClN7O10S3/c1-24(2,21(39)40)43-32-14(10-7-44-23(28)30-10)18(37)31-15-19(38)33-8-25(22(41)42,46-20(15)33)45-6-5-29-17(36)13(27)9-3-4-11(34)16(35)12(9)26/h3-4,7,15,20,27,34-35H,5-6,8H2,1-2H3,(H2,28,30)(H,29,36)(H,31,37)(H,39,40)(H,41,42)/b27-13?,32-14-/t15?,20-,25-/m1/s1. The zero-order valence-electron chi connectivity index (χ0n) is 23.8. The Kier molecular flexibility index (Phi) is 9.95. The van der Waals surface area contributed by atoms with Gasteiger partial charge >= 0.3 is 11.9 Å². The fourth-order valence-electron chi connectivity index (χ4n) is 4.02. The van der Waals surface area contributed by atoms with Crippen LogP contribution in [0.5, 0.6) is 11.5 Å². The number of hydrogen-bond acceptors (Lipinski definition) is 15. The number of thioether (sulfide) groups is 2. The number of carbonyl (C=O) groups is 5. The summed E-state index contributed by atoms with van der Waals surface area (Å²) in [6.07, 6.45) is 0. The van der Waals surface area contributed by atoms with Crippen LogP contribution < -0.4 is 16.4 Å². The Morgan fingerprint density at radius 3 is 2.59 bits per heavy atom. The molecule has 0 radical (unpaired) electrons. The number of hydrogen-bond donors (Lipinski definition) is 8. The first kappa shape index (κ1) is 34.6. The topological polar surface area (TPSA) is 278 Å². The number of fused-ring (bicyclic) bond motifs is 1. The number of thiazole rings is 1. The molecule has 2 saturated heterocycles. The predicted molar refractivity (Wildman–Crippen MR) is 168 cm³/mol. The van der Waals surface area contributed by atoms with E-state index >= 15 is 0 Å². The molecule has 1 unspecified atom stereocenters. The lowest BCUT2D eigenvalue weighted by atomic mass is 10.1. The molecule has 0 aliphatic carbocycles. The Labute approximate surface area is 277 Å². The van der Waals surface area contributed by atoms with Crippen molar-refractivity contribution in [2.24, 2.45) is 5.16 Å². The van der Waals surface area contributed by atoms with Gasteiger partial charge in [-0.05, 0) is 26.0 Å². The Morgan fingerprint density at radius 1 is 1.28 bits per heavy atom. The average Bonchev–Trinajstić information content (AvgIpc) is 3.59. The summed E-state index contributed by atoms with van der Waals surface area (Å²) < 4.78 is -1.56. The molecular weight excluding hydrogens is 690 g/mol. The Hall–Kier alpha value is -4.27. The number of carbonyl (C=O) groups excluding carboxylic acids is 3. The third-order valence-corrected chi connectivity index (χ3v) is 10.9. The van der Waals surface area contributed by atoms with Crippen LogP contribution in [0.2, 0.25) is 5.02 Å². The highest BCUT2D eigenvalue weighted by Crippen LogP contribution is 2.52. The maximum absolute atomic E-state index is 13.2. The number of aliphatic carboxylic acids is 2. The van der Waals surface area contributed by atoms with Gasteiger partial charge in [-0.2, -0.15) is 0 Å². The zero-order chi connectivity index (χ0) is 34.1. The number of amides is 3. The van der Waals surface area contributed by atoms with Crippen LogP contribution in [-0.2, 0) is 28.8 Å². The summed E-state index contributed by atoms with van der Waals surface area (Å²) in [5.74, 6) is -6.12. The highest BCUT2D eigenvalue weighted by molar-refractivity contribution is 8.20. The van der Waals surface area contributed by atoms with Gasteiger partial charge in [0.15, 0.2) is 26.4 Å². The summed E-state index contributed by atoms with van der Waals surface area (Å²) in [7, 11) is 0. The van der Waals surface area contributed by atoms with E-state index < -0.39 is 73.7 Å². The number of β-lactam (4-membered cyclic amide) rings is 1. The van der Waals surface area contributed by atoms with Crippen molar-refractivity contribution in [3.63, 3.8) is 0 Å². The van der Waals surface area contributed by atoms with Gasteiger partial charge in [-0.3, -0.25) is 19.8 Å². The predicted octanol–water partition coefficient (Wildman–Crippen LogP) is 0.472. The molecule has 0 bridgehead atoms. The molecular formula is C25H26ClN7O10S3. The van der Waals surface area contributed by atoms with E-state index in [2.05, 4.69) is 20.8 Å². The number of benzene rings is 1. The summed E-state index contributed by atoms with van der Waals surface area (Å²) in [6.45, 7) is 2.13. The number of nitrogen functional groups attached to an aromatic ring is 1. The molecule has 3 amide bonds. The van der Waals surface area contributed by atoms with Gasteiger partial charge in [-0.25, -0.2) is 14.6 Å². The van der Waals surface area contributed by atoms with Crippen LogP contribution >= 0.6 is 46.5 Å². The number of nitrogens with one attached hydrogen (secondary N) is 3. The van der Waals surface area contributed by atoms with Crippen LogP contribution in [0.3, 0.4) is 0 Å². The summed E-state index contributed by atoms with van der Waals surface area (Å²) in [4.78, 5) is 72.8. The highest BCUT2D eigenvalue weighted by Gasteiger charge is 2.62. The third-order valence-electron chi connectivity index (χ3n) is 6.62. The first-order chi connectivity index (χ1) is 21.5. The van der Waals surface area contributed by atoms with Crippen LogP contribution in [0.25, 0.3) is 0 Å². The normalized spacial score (nSPS) is 20.8. The molecule has 2 aliphatic rings. The molecule has 17 nitrogen and oxygen atoms in total. The molecule has 2 aromatic rings. The molecule has 4 rings (SSSR count). The Morgan fingerprint density at radius 2 is 1.98 bits per heavy atom. The molecule has 46 heavy (non-hydrogen) atoms. The van der Waals surface area contributed by atoms with Gasteiger partial charge in [0.25, 0.3) is 11.8 Å². The van der Waals surface area contributed by atoms with E-state index in [0.717, 1.165) is 40.9 Å². The smallest absolute Gasteiger partial charge is 0.350 e. The number of aromatic nitrogens is 1. The monoisotopic (exact) mass is 715 g/mol. The first-order valence-corrected chi connectivity index (χ1v) is 16.1. The van der Waals surface area contributed by atoms with Gasteiger partial charge in [-0.1, -0.05) is 16.8 Å². The van der Waals surface area contributed by atoms with E-state index in [9.17, 15) is 44.4 Å². The number of anilines is 1. The van der Waals surface area contributed by atoms with Crippen molar-refractivity contribution in [2.45, 2.75) is 34.9 Å². The zero-order valence-corrected chi connectivity index (χ0v) is 27.0. The minimum absolute atomic E-state index is 0.0288. The molecule has 246 valence electrons. The van der Waals surface area contributed by atoms with Crippen molar-refractivity contribution in [2.75, 3.05) is 24.6 Å². The SMILES string of the molecule is CC(C)(O/N=C(\C(=O)NC1C(=O)N2C[C@](SCCNC(=O)C(=N)c3ccc(O)c(O)c3Cl)(C(=O)O)S[C@H]12)c1csc(N)n1)C(=O)O. The maximum Gasteiger partial charge on any atom is 0.350 e. The summed E-state index contributed by atoms with van der Waals surface area (Å²) >= 11 is 8.76.